The van der Waals surface area contributed by atoms with Gasteiger partial charge >= 0.3 is 5.97 Å². The Kier molecular flexibility index (Phi) is 7.45. The number of thioether (sulfide) groups is 1. The van der Waals surface area contributed by atoms with Gasteiger partial charge in [0.2, 0.25) is 0 Å². The standard InChI is InChI=1S/C25H17Cl2FN2O4S/c1-30-23(31)21(35-25(30)29-18-7-5-16(6-8-18)24(32)33)12-15-10-19(26)22(20(27)11-15)34-13-14-3-2-4-17(28)9-14/h2-12H,13H2,1H3,(H,32,33)/b21-12-,29-25?. The zero-order valence-corrected chi connectivity index (χ0v) is 20.5. The molecule has 0 aromatic heterocycles. The van der Waals surface area contributed by atoms with Crippen LogP contribution in [0.2, 0.25) is 10.0 Å². The molecule has 3 aromatic carbocycles. The molecule has 1 aliphatic heterocycles. The van der Waals surface area contributed by atoms with Crippen molar-refractivity contribution in [3.8, 4) is 5.75 Å². The van der Waals surface area contributed by atoms with Crippen molar-refractivity contribution in [2.24, 2.45) is 4.99 Å². The number of nitrogens with zero attached hydrogens (tertiary/aromatic N) is 2. The minimum absolute atomic E-state index is 0.0873. The first-order valence-corrected chi connectivity index (χ1v) is 11.7. The van der Waals surface area contributed by atoms with Crippen molar-refractivity contribution in [3.05, 3.63) is 98.1 Å². The predicted molar refractivity (Wildman–Crippen MR) is 136 cm³/mol. The maximum absolute atomic E-state index is 13.4. The third-order valence-electron chi connectivity index (χ3n) is 4.93. The van der Waals surface area contributed by atoms with E-state index in [2.05, 4.69) is 4.99 Å². The molecule has 0 atom stereocenters. The molecular formula is C25H17Cl2FN2O4S. The first-order chi connectivity index (χ1) is 16.7. The normalized spacial score (nSPS) is 15.8. The van der Waals surface area contributed by atoms with E-state index in [-0.39, 0.29) is 39.7 Å². The van der Waals surface area contributed by atoms with Crippen molar-refractivity contribution in [3.63, 3.8) is 0 Å². The fourth-order valence-electron chi connectivity index (χ4n) is 3.17. The summed E-state index contributed by atoms with van der Waals surface area (Å²) in [5.74, 6) is -1.39. The number of carbonyl (C=O) groups is 2. The van der Waals surface area contributed by atoms with Crippen LogP contribution in [0.3, 0.4) is 0 Å². The Hall–Kier alpha value is -3.33. The zero-order chi connectivity index (χ0) is 25.1. The molecule has 0 bridgehead atoms. The average Bonchev–Trinajstić information content (AvgIpc) is 3.06. The molecule has 0 spiro atoms. The van der Waals surface area contributed by atoms with Gasteiger partial charge in [-0.1, -0.05) is 35.3 Å². The fraction of sp³-hybridized carbons (Fsp3) is 0.0800. The number of carbonyl (C=O) groups excluding carboxylic acids is 1. The lowest BCUT2D eigenvalue weighted by Gasteiger charge is -2.11. The Morgan fingerprint density at radius 3 is 2.46 bits per heavy atom. The van der Waals surface area contributed by atoms with E-state index in [4.69, 9.17) is 33.0 Å². The van der Waals surface area contributed by atoms with E-state index in [0.717, 1.165) is 0 Å². The van der Waals surface area contributed by atoms with Crippen LogP contribution in [0.1, 0.15) is 21.5 Å². The Morgan fingerprint density at radius 1 is 1.14 bits per heavy atom. The highest BCUT2D eigenvalue weighted by Crippen LogP contribution is 2.38. The van der Waals surface area contributed by atoms with Crippen molar-refractivity contribution in [2.45, 2.75) is 6.61 Å². The molecule has 0 saturated carbocycles. The van der Waals surface area contributed by atoms with Gasteiger partial charge in [-0.2, -0.15) is 0 Å². The van der Waals surface area contributed by atoms with Gasteiger partial charge in [0.15, 0.2) is 10.9 Å². The number of rotatable bonds is 6. The third kappa shape index (κ3) is 5.85. The number of halogens is 3. The molecular weight excluding hydrogens is 514 g/mol. The lowest BCUT2D eigenvalue weighted by atomic mass is 10.2. The van der Waals surface area contributed by atoms with Crippen LogP contribution in [0.4, 0.5) is 10.1 Å². The number of aliphatic imine (C=N–C) groups is 1. The maximum atomic E-state index is 13.4. The number of hydrogen-bond donors (Lipinski definition) is 1. The van der Waals surface area contributed by atoms with Crippen LogP contribution in [0.5, 0.6) is 5.75 Å². The van der Waals surface area contributed by atoms with Crippen LogP contribution in [0.15, 0.2) is 70.6 Å². The Bertz CT molecular complexity index is 1350. The van der Waals surface area contributed by atoms with Gasteiger partial charge < -0.3 is 9.84 Å². The van der Waals surface area contributed by atoms with Gasteiger partial charge in [0.1, 0.15) is 12.4 Å². The largest absolute Gasteiger partial charge is 0.486 e. The number of hydrogen-bond acceptors (Lipinski definition) is 5. The fourth-order valence-corrected chi connectivity index (χ4v) is 4.77. The lowest BCUT2D eigenvalue weighted by Crippen LogP contribution is -2.23. The molecule has 0 radical (unpaired) electrons. The number of aromatic carboxylic acids is 1. The average molecular weight is 531 g/mol. The highest BCUT2D eigenvalue weighted by Gasteiger charge is 2.30. The summed E-state index contributed by atoms with van der Waals surface area (Å²) in [4.78, 5) is 30.0. The summed E-state index contributed by atoms with van der Waals surface area (Å²) in [7, 11) is 1.60. The number of amidine groups is 1. The summed E-state index contributed by atoms with van der Waals surface area (Å²) >= 11 is 13.9. The molecule has 1 heterocycles. The van der Waals surface area contributed by atoms with Crippen molar-refractivity contribution >= 4 is 63.8 Å². The number of likely N-dealkylation sites (N-methyl/N-ethyl adjacent to an activating group) is 1. The molecule has 3 aromatic rings. The third-order valence-corrected chi connectivity index (χ3v) is 6.55. The van der Waals surface area contributed by atoms with Gasteiger partial charge in [0.05, 0.1) is 26.2 Å². The van der Waals surface area contributed by atoms with Crippen LogP contribution < -0.4 is 4.74 Å². The number of benzene rings is 3. The minimum Gasteiger partial charge on any atom is -0.486 e. The van der Waals surface area contributed by atoms with E-state index in [1.54, 1.807) is 49.5 Å². The molecule has 0 aliphatic carbocycles. The summed E-state index contributed by atoms with van der Waals surface area (Å²) in [6.07, 6.45) is 1.65. The molecule has 0 unspecified atom stereocenters. The van der Waals surface area contributed by atoms with E-state index >= 15 is 0 Å². The first-order valence-electron chi connectivity index (χ1n) is 10.2. The van der Waals surface area contributed by atoms with E-state index in [1.165, 1.54) is 40.9 Å². The van der Waals surface area contributed by atoms with Crippen molar-refractivity contribution in [2.75, 3.05) is 7.05 Å². The smallest absolute Gasteiger partial charge is 0.335 e. The summed E-state index contributed by atoms with van der Waals surface area (Å²) in [6, 6.07) is 15.3. The second kappa shape index (κ2) is 10.5. The second-order valence-electron chi connectivity index (χ2n) is 7.45. The van der Waals surface area contributed by atoms with E-state index in [0.29, 0.717) is 26.9 Å². The van der Waals surface area contributed by atoms with E-state index < -0.39 is 5.97 Å². The van der Waals surface area contributed by atoms with Gasteiger partial charge in [0, 0.05) is 7.05 Å². The molecule has 6 nitrogen and oxygen atoms in total. The molecule has 178 valence electrons. The van der Waals surface area contributed by atoms with Crippen molar-refractivity contribution in [1.82, 2.24) is 4.90 Å². The lowest BCUT2D eigenvalue weighted by molar-refractivity contribution is -0.121. The second-order valence-corrected chi connectivity index (χ2v) is 9.28. The SMILES string of the molecule is CN1C(=O)/C(=C/c2cc(Cl)c(OCc3cccc(F)c3)c(Cl)c2)SC1=Nc1ccc(C(=O)O)cc1. The van der Waals surface area contributed by atoms with Gasteiger partial charge in [-0.3, -0.25) is 9.69 Å². The van der Waals surface area contributed by atoms with E-state index in [1.807, 2.05) is 0 Å². The predicted octanol–water partition coefficient (Wildman–Crippen LogP) is 6.64. The molecule has 1 fully saturated rings. The zero-order valence-electron chi connectivity index (χ0n) is 18.2. The molecule has 10 heteroatoms. The molecule has 1 amide bonds. The van der Waals surface area contributed by atoms with E-state index in [9.17, 15) is 14.0 Å². The summed E-state index contributed by atoms with van der Waals surface area (Å²) in [5.41, 5.74) is 1.89. The number of carboxylic acid groups (broad SMARTS) is 1. The van der Waals surface area contributed by atoms with Gasteiger partial charge in [-0.25, -0.2) is 14.2 Å². The molecule has 1 N–H and O–H groups in total. The van der Waals surface area contributed by atoms with Gasteiger partial charge in [0.25, 0.3) is 5.91 Å². The Morgan fingerprint density at radius 2 is 1.83 bits per heavy atom. The summed E-state index contributed by atoms with van der Waals surface area (Å²) in [6.45, 7) is 0.0873. The van der Waals surface area contributed by atoms with Crippen molar-refractivity contribution in [1.29, 1.82) is 0 Å². The van der Waals surface area contributed by atoms with Gasteiger partial charge in [-0.15, -0.1) is 0 Å². The van der Waals surface area contributed by atoms with Crippen LogP contribution in [0.25, 0.3) is 6.08 Å². The highest BCUT2D eigenvalue weighted by molar-refractivity contribution is 8.18. The topological polar surface area (TPSA) is 79.2 Å². The summed E-state index contributed by atoms with van der Waals surface area (Å²) in [5, 5.41) is 9.95. The first kappa shape index (κ1) is 24.8. The van der Waals surface area contributed by atoms with Crippen LogP contribution in [0, 0.1) is 5.82 Å². The number of amides is 1. The molecule has 35 heavy (non-hydrogen) atoms. The Labute approximate surface area is 214 Å². The quantitative estimate of drug-likeness (QED) is 0.361. The highest BCUT2D eigenvalue weighted by atomic mass is 35.5. The van der Waals surface area contributed by atoms with Crippen molar-refractivity contribution < 1.29 is 23.8 Å². The number of carboxylic acids is 1. The summed E-state index contributed by atoms with van der Waals surface area (Å²) < 4.78 is 19.1. The van der Waals surface area contributed by atoms with Crippen LogP contribution in [-0.4, -0.2) is 34.1 Å². The van der Waals surface area contributed by atoms with Gasteiger partial charge in [-0.05, 0) is 77.5 Å². The van der Waals surface area contributed by atoms with Crippen LogP contribution >= 0.6 is 35.0 Å². The molecule has 1 saturated heterocycles. The Balaban J connectivity index is 1.52. The maximum Gasteiger partial charge on any atom is 0.335 e. The van der Waals surface area contributed by atoms with Crippen LogP contribution in [-0.2, 0) is 11.4 Å². The minimum atomic E-state index is -1.03. The monoisotopic (exact) mass is 530 g/mol. The molecule has 4 rings (SSSR count). The molecule has 1 aliphatic rings. The number of ether oxygens (including phenoxy) is 1.